The fourth-order valence-electron chi connectivity index (χ4n) is 0. The molecule has 3 heteroatoms. The molecule has 0 unspecified atom stereocenters. The summed E-state index contributed by atoms with van der Waals surface area (Å²) in [5.74, 6) is -0.500. The van der Waals surface area contributed by atoms with E-state index in [0.29, 0.717) is 5.92 Å². The minimum absolute atomic E-state index is 0. The number of carboxylic acids is 1. The predicted octanol–water partition coefficient (Wildman–Crippen LogP) is 0.230. The van der Waals surface area contributed by atoms with Crippen LogP contribution >= 0.6 is 0 Å². The third-order valence-electron chi connectivity index (χ3n) is 0. The molecule has 0 fully saturated rings. The van der Waals surface area contributed by atoms with Crippen LogP contribution in [0.1, 0.15) is 20.8 Å². The summed E-state index contributed by atoms with van der Waals surface area (Å²) in [4.78, 5) is 8.89. The quantitative estimate of drug-likeness (QED) is 0.397. The Hall–Kier alpha value is 0.0934. The molecule has 0 saturated heterocycles. The minimum Gasteiger partial charge on any atom is -0.550 e. The number of carbonyl (C=O) groups is 1. The third kappa shape index (κ3) is 34500. The van der Waals surface area contributed by atoms with E-state index in [4.69, 9.17) is 9.90 Å². The van der Waals surface area contributed by atoms with Crippen LogP contribution in [0.2, 0.25) is 0 Å². The molecule has 0 aliphatic rings. The number of hydrogen-bond donors (Lipinski definition) is 0. The molecule has 0 saturated carbocycles. The first-order chi connectivity index (χ1) is 3.46. The van der Waals surface area contributed by atoms with Crippen LogP contribution in [0, 0.1) is 12.8 Å². The molecule has 9 heavy (non-hydrogen) atoms. The van der Waals surface area contributed by atoms with Gasteiger partial charge in [-0.25, -0.2) is 0 Å². The maximum Gasteiger partial charge on any atom is 2.00 e. The molecular formula is C6H12O2Zn. The second-order valence-corrected chi connectivity index (χ2v) is 1.89. The summed E-state index contributed by atoms with van der Waals surface area (Å²) in [6.45, 7) is 8.72. The number of carboxylic acid groups (broad SMARTS) is 1. The molecule has 0 rings (SSSR count). The van der Waals surface area contributed by atoms with Gasteiger partial charge in [0.1, 0.15) is 0 Å². The molecule has 0 aliphatic heterocycles. The van der Waals surface area contributed by atoms with Gasteiger partial charge in [0.25, 0.3) is 0 Å². The van der Waals surface area contributed by atoms with Crippen LogP contribution in [-0.4, -0.2) is 5.97 Å². The van der Waals surface area contributed by atoms with Gasteiger partial charge in [-0.05, 0) is 6.92 Å². The Morgan fingerprint density at radius 2 is 1.56 bits per heavy atom. The van der Waals surface area contributed by atoms with Gasteiger partial charge in [-0.2, -0.15) is 5.92 Å². The Bertz CT molecular complexity index is 55.3. The van der Waals surface area contributed by atoms with Gasteiger partial charge in [-0.3, -0.25) is 0 Å². The van der Waals surface area contributed by atoms with Gasteiger partial charge in [0.15, 0.2) is 0 Å². The number of hydrogen-bond acceptors (Lipinski definition) is 2. The van der Waals surface area contributed by atoms with E-state index in [2.05, 4.69) is 20.8 Å². The average molecular weight is 182 g/mol. The Morgan fingerprint density at radius 3 is 1.56 bits per heavy atom. The zero-order chi connectivity index (χ0) is 7.15. The molecule has 0 spiro atoms. The van der Waals surface area contributed by atoms with E-state index in [1.807, 2.05) is 0 Å². The molecule has 0 aromatic heterocycles. The van der Waals surface area contributed by atoms with E-state index in [9.17, 15) is 0 Å². The van der Waals surface area contributed by atoms with Crippen molar-refractivity contribution >= 4 is 5.97 Å². The predicted molar refractivity (Wildman–Crippen MR) is 30.9 cm³/mol. The molecule has 0 aromatic carbocycles. The Balaban J connectivity index is -0.0000000720. The van der Waals surface area contributed by atoms with E-state index < -0.39 is 5.97 Å². The van der Waals surface area contributed by atoms with Gasteiger partial charge in [-0.1, -0.05) is 13.8 Å². The molecule has 0 heterocycles. The van der Waals surface area contributed by atoms with Crippen molar-refractivity contribution in [2.24, 2.45) is 5.92 Å². The molecule has 0 N–H and O–H groups in total. The first-order valence-corrected chi connectivity index (χ1v) is 2.47. The summed E-state index contributed by atoms with van der Waals surface area (Å²) in [5.41, 5.74) is 0. The van der Waals surface area contributed by atoms with E-state index in [-0.39, 0.29) is 19.5 Å². The Morgan fingerprint density at radius 1 is 1.56 bits per heavy atom. The third-order valence-corrected chi connectivity index (χ3v) is 0. The van der Waals surface area contributed by atoms with Gasteiger partial charge in [0.05, 0.1) is 0 Å². The minimum atomic E-state index is -1.08. The first kappa shape index (κ1) is 16.0. The average Bonchev–Trinajstić information content (AvgIpc) is 1.25. The second kappa shape index (κ2) is 11.0. The van der Waals surface area contributed by atoms with Crippen molar-refractivity contribution in [1.29, 1.82) is 0 Å². The summed E-state index contributed by atoms with van der Waals surface area (Å²) in [7, 11) is 0. The molecule has 0 radical (unpaired) electrons. The summed E-state index contributed by atoms with van der Waals surface area (Å²) >= 11 is 0. The van der Waals surface area contributed by atoms with Crippen molar-refractivity contribution in [2.45, 2.75) is 20.8 Å². The van der Waals surface area contributed by atoms with Crippen LogP contribution in [0.3, 0.4) is 0 Å². The standard InChI is InChI=1S/C4H9.C2H4O2.Zn/c1-4(2)3;1-2(3)4;/h4H,1H2,2-3H3;1H3,(H,3,4);/q-1;;+2/p-1. The summed E-state index contributed by atoms with van der Waals surface area (Å²) in [6, 6.07) is 0. The smallest absolute Gasteiger partial charge is 0.550 e. The van der Waals surface area contributed by atoms with E-state index in [1.165, 1.54) is 0 Å². The largest absolute Gasteiger partial charge is 2.00 e. The van der Waals surface area contributed by atoms with Gasteiger partial charge < -0.3 is 16.8 Å². The monoisotopic (exact) mass is 180 g/mol. The van der Waals surface area contributed by atoms with Crippen LogP contribution in [0.15, 0.2) is 0 Å². The van der Waals surface area contributed by atoms with Gasteiger partial charge in [0.2, 0.25) is 0 Å². The maximum absolute atomic E-state index is 8.89. The molecule has 0 atom stereocenters. The van der Waals surface area contributed by atoms with Gasteiger partial charge in [0, 0.05) is 5.97 Å². The van der Waals surface area contributed by atoms with E-state index >= 15 is 0 Å². The molecule has 0 amide bonds. The normalized spacial score (nSPS) is 6.78. The Kier molecular flexibility index (Phi) is 19.5. The van der Waals surface area contributed by atoms with E-state index in [0.717, 1.165) is 6.92 Å². The van der Waals surface area contributed by atoms with Crippen LogP contribution in [0.4, 0.5) is 0 Å². The molecular weight excluding hydrogens is 169 g/mol. The number of carbonyl (C=O) groups excluding carboxylic acids is 1. The fraction of sp³-hybridized carbons (Fsp3) is 0.667. The van der Waals surface area contributed by atoms with Crippen molar-refractivity contribution in [2.75, 3.05) is 0 Å². The van der Waals surface area contributed by atoms with Crippen molar-refractivity contribution in [3.8, 4) is 0 Å². The summed E-state index contributed by atoms with van der Waals surface area (Å²) in [6.07, 6.45) is 0. The van der Waals surface area contributed by atoms with Crippen molar-refractivity contribution in [3.63, 3.8) is 0 Å². The Labute approximate surface area is 69.4 Å². The number of aliphatic carboxylic acids is 1. The summed E-state index contributed by atoms with van der Waals surface area (Å²) in [5, 5.41) is 8.89. The van der Waals surface area contributed by atoms with Gasteiger partial charge >= 0.3 is 19.5 Å². The number of rotatable bonds is 0. The van der Waals surface area contributed by atoms with Crippen LogP contribution in [-0.2, 0) is 24.3 Å². The topological polar surface area (TPSA) is 40.1 Å². The summed E-state index contributed by atoms with van der Waals surface area (Å²) < 4.78 is 0. The van der Waals surface area contributed by atoms with Gasteiger partial charge in [-0.15, -0.1) is 0 Å². The SMILES string of the molecule is CC(=O)[O-].[CH2-]C(C)C.[Zn+2]. The van der Waals surface area contributed by atoms with Crippen molar-refractivity contribution < 1.29 is 29.4 Å². The fourth-order valence-corrected chi connectivity index (χ4v) is 0. The zero-order valence-electron chi connectivity index (χ0n) is 6.31. The first-order valence-electron chi connectivity index (χ1n) is 2.47. The zero-order valence-corrected chi connectivity index (χ0v) is 9.28. The van der Waals surface area contributed by atoms with Crippen molar-refractivity contribution in [1.82, 2.24) is 0 Å². The van der Waals surface area contributed by atoms with Crippen LogP contribution < -0.4 is 5.11 Å². The van der Waals surface area contributed by atoms with Crippen molar-refractivity contribution in [3.05, 3.63) is 6.92 Å². The molecule has 0 bridgehead atoms. The molecule has 0 aromatic rings. The maximum atomic E-state index is 8.89. The van der Waals surface area contributed by atoms with Crippen LogP contribution in [0.5, 0.6) is 0 Å². The van der Waals surface area contributed by atoms with E-state index in [1.54, 1.807) is 0 Å². The molecule has 2 nitrogen and oxygen atoms in total. The van der Waals surface area contributed by atoms with Crippen LogP contribution in [0.25, 0.3) is 0 Å². The molecule has 0 aliphatic carbocycles. The molecule has 50 valence electrons. The second-order valence-electron chi connectivity index (χ2n) is 1.89.